The molecule has 0 bridgehead atoms. The number of carbonyl (C=O) groups is 1. The molecule has 1 heterocycles. The number of aryl methyl sites for hydroxylation is 1. The Bertz CT molecular complexity index is 943. The van der Waals surface area contributed by atoms with Gasteiger partial charge in [-0.1, -0.05) is 29.8 Å². The molecule has 1 aromatic heterocycles. The minimum atomic E-state index is -0.499. The number of hydrogen-bond donors (Lipinski definition) is 0. The van der Waals surface area contributed by atoms with Crippen LogP contribution in [-0.2, 0) is 11.3 Å². The number of halogens is 1. The van der Waals surface area contributed by atoms with Crippen LogP contribution in [0.15, 0.2) is 57.7 Å². The van der Waals surface area contributed by atoms with Crippen LogP contribution in [0.4, 0.5) is 0 Å². The fraction of sp³-hybridized carbons (Fsp3) is 0.111. The molecule has 3 rings (SSSR count). The zero-order valence-electron chi connectivity index (χ0n) is 12.3. The van der Waals surface area contributed by atoms with Gasteiger partial charge in [0.1, 0.15) is 12.2 Å². The zero-order chi connectivity index (χ0) is 16.4. The highest BCUT2D eigenvalue weighted by Gasteiger charge is 2.11. The van der Waals surface area contributed by atoms with Crippen molar-refractivity contribution in [2.24, 2.45) is 0 Å². The van der Waals surface area contributed by atoms with E-state index in [9.17, 15) is 9.59 Å². The van der Waals surface area contributed by atoms with E-state index in [4.69, 9.17) is 20.8 Å². The number of benzene rings is 2. The molecular formula is C18H13ClO4. The van der Waals surface area contributed by atoms with Gasteiger partial charge < -0.3 is 9.15 Å². The van der Waals surface area contributed by atoms with Gasteiger partial charge in [-0.25, -0.2) is 9.59 Å². The van der Waals surface area contributed by atoms with Crippen LogP contribution in [0.1, 0.15) is 21.5 Å². The van der Waals surface area contributed by atoms with Crippen LogP contribution in [0.25, 0.3) is 11.0 Å². The lowest BCUT2D eigenvalue weighted by molar-refractivity contribution is 0.0474. The maximum Gasteiger partial charge on any atom is 0.338 e. The first-order valence-corrected chi connectivity index (χ1v) is 7.37. The summed E-state index contributed by atoms with van der Waals surface area (Å²) < 4.78 is 10.5. The molecule has 0 aliphatic carbocycles. The SMILES string of the molecule is Cc1ccc2c(COC(=O)c3cccc(Cl)c3)cc(=O)oc2c1. The van der Waals surface area contributed by atoms with Crippen LogP contribution in [0.2, 0.25) is 5.02 Å². The van der Waals surface area contributed by atoms with Gasteiger partial charge in [0.25, 0.3) is 0 Å². The Balaban J connectivity index is 1.87. The first-order valence-electron chi connectivity index (χ1n) is 6.99. The highest BCUT2D eigenvalue weighted by molar-refractivity contribution is 6.30. The normalized spacial score (nSPS) is 10.7. The largest absolute Gasteiger partial charge is 0.457 e. The molecule has 0 amide bonds. The molecule has 3 aromatic rings. The molecule has 23 heavy (non-hydrogen) atoms. The van der Waals surface area contributed by atoms with Crippen molar-refractivity contribution in [3.63, 3.8) is 0 Å². The molecule has 0 aliphatic heterocycles. The van der Waals surface area contributed by atoms with E-state index in [0.29, 0.717) is 21.7 Å². The molecule has 4 nitrogen and oxygen atoms in total. The lowest BCUT2D eigenvalue weighted by Crippen LogP contribution is -2.08. The first-order chi connectivity index (χ1) is 11.0. The summed E-state index contributed by atoms with van der Waals surface area (Å²) in [6.45, 7) is 1.89. The highest BCUT2D eigenvalue weighted by Crippen LogP contribution is 2.20. The van der Waals surface area contributed by atoms with E-state index in [1.54, 1.807) is 24.3 Å². The Kier molecular flexibility index (Phi) is 4.17. The van der Waals surface area contributed by atoms with Crippen molar-refractivity contribution in [3.05, 3.63) is 80.7 Å². The van der Waals surface area contributed by atoms with E-state index in [0.717, 1.165) is 10.9 Å². The fourth-order valence-electron chi connectivity index (χ4n) is 2.30. The number of carbonyl (C=O) groups excluding carboxylic acids is 1. The summed E-state index contributed by atoms with van der Waals surface area (Å²) in [5.41, 5.74) is 1.95. The molecular weight excluding hydrogens is 316 g/mol. The number of esters is 1. The number of fused-ring (bicyclic) bond motifs is 1. The minimum Gasteiger partial charge on any atom is -0.457 e. The third-order valence-corrected chi connectivity index (χ3v) is 3.64. The summed E-state index contributed by atoms with van der Waals surface area (Å²) in [6, 6.07) is 13.4. The molecule has 0 saturated carbocycles. The molecule has 5 heteroatoms. The van der Waals surface area contributed by atoms with Gasteiger partial charge in [0, 0.05) is 22.0 Å². The molecule has 0 atom stereocenters. The summed E-state index contributed by atoms with van der Waals surface area (Å²) in [4.78, 5) is 23.7. The predicted molar refractivity (Wildman–Crippen MR) is 87.8 cm³/mol. The van der Waals surface area contributed by atoms with Gasteiger partial charge in [0.05, 0.1) is 5.56 Å². The Hall–Kier alpha value is -2.59. The Morgan fingerprint density at radius 1 is 1.17 bits per heavy atom. The molecule has 116 valence electrons. The Morgan fingerprint density at radius 3 is 2.78 bits per heavy atom. The second-order valence-electron chi connectivity index (χ2n) is 5.18. The van der Waals surface area contributed by atoms with Gasteiger partial charge in [-0.15, -0.1) is 0 Å². The fourth-order valence-corrected chi connectivity index (χ4v) is 2.49. The van der Waals surface area contributed by atoms with Crippen molar-refractivity contribution >= 4 is 28.5 Å². The Morgan fingerprint density at radius 2 is 2.00 bits per heavy atom. The summed E-state index contributed by atoms with van der Waals surface area (Å²) in [7, 11) is 0. The van der Waals surface area contributed by atoms with Gasteiger partial charge in [0.15, 0.2) is 0 Å². The van der Waals surface area contributed by atoms with Gasteiger partial charge in [-0.05, 0) is 36.8 Å². The summed E-state index contributed by atoms with van der Waals surface area (Å²) in [5, 5.41) is 1.20. The maximum atomic E-state index is 12.1. The smallest absolute Gasteiger partial charge is 0.338 e. The van der Waals surface area contributed by atoms with E-state index in [-0.39, 0.29) is 6.61 Å². The molecule has 0 aliphatic rings. The number of ether oxygens (including phenoxy) is 1. The lowest BCUT2D eigenvalue weighted by Gasteiger charge is -2.08. The van der Waals surface area contributed by atoms with E-state index in [1.165, 1.54) is 12.1 Å². The Labute approximate surface area is 137 Å². The molecule has 0 saturated heterocycles. The van der Waals surface area contributed by atoms with Crippen molar-refractivity contribution in [2.75, 3.05) is 0 Å². The maximum absolute atomic E-state index is 12.1. The lowest BCUT2D eigenvalue weighted by atomic mass is 10.1. The average Bonchev–Trinajstić information content (AvgIpc) is 2.51. The van der Waals surface area contributed by atoms with Gasteiger partial charge in [0.2, 0.25) is 0 Å². The summed E-state index contributed by atoms with van der Waals surface area (Å²) >= 11 is 5.86. The molecule has 0 radical (unpaired) electrons. The molecule has 0 unspecified atom stereocenters. The monoisotopic (exact) mass is 328 g/mol. The van der Waals surface area contributed by atoms with Crippen LogP contribution < -0.4 is 5.63 Å². The summed E-state index contributed by atoms with van der Waals surface area (Å²) in [6.07, 6.45) is 0. The van der Waals surface area contributed by atoms with Gasteiger partial charge in [-0.3, -0.25) is 0 Å². The number of rotatable bonds is 3. The highest BCUT2D eigenvalue weighted by atomic mass is 35.5. The average molecular weight is 329 g/mol. The third-order valence-electron chi connectivity index (χ3n) is 3.40. The van der Waals surface area contributed by atoms with Crippen LogP contribution in [0.3, 0.4) is 0 Å². The topological polar surface area (TPSA) is 56.5 Å². The van der Waals surface area contributed by atoms with Gasteiger partial charge in [-0.2, -0.15) is 0 Å². The van der Waals surface area contributed by atoms with Crippen molar-refractivity contribution < 1.29 is 13.9 Å². The van der Waals surface area contributed by atoms with E-state index < -0.39 is 11.6 Å². The van der Waals surface area contributed by atoms with E-state index in [2.05, 4.69) is 0 Å². The predicted octanol–water partition coefficient (Wildman–Crippen LogP) is 4.11. The second kappa shape index (κ2) is 6.26. The van der Waals surface area contributed by atoms with Crippen molar-refractivity contribution in [1.82, 2.24) is 0 Å². The summed E-state index contributed by atoms with van der Waals surface area (Å²) in [5.74, 6) is -0.499. The van der Waals surface area contributed by atoms with E-state index in [1.807, 2.05) is 19.1 Å². The third kappa shape index (κ3) is 3.43. The van der Waals surface area contributed by atoms with Crippen LogP contribution in [0, 0.1) is 6.92 Å². The standard InChI is InChI=1S/C18H13ClO4/c1-11-5-6-15-13(9-17(20)23-16(15)7-11)10-22-18(21)12-3-2-4-14(19)8-12/h2-9H,10H2,1H3. The second-order valence-corrected chi connectivity index (χ2v) is 5.61. The van der Waals surface area contributed by atoms with Crippen LogP contribution in [0.5, 0.6) is 0 Å². The van der Waals surface area contributed by atoms with Crippen LogP contribution in [-0.4, -0.2) is 5.97 Å². The molecule has 0 N–H and O–H groups in total. The minimum absolute atomic E-state index is 0.0174. The van der Waals surface area contributed by atoms with Gasteiger partial charge >= 0.3 is 11.6 Å². The van der Waals surface area contributed by atoms with Crippen molar-refractivity contribution in [1.29, 1.82) is 0 Å². The molecule has 0 fully saturated rings. The number of hydrogen-bond acceptors (Lipinski definition) is 4. The van der Waals surface area contributed by atoms with Crippen molar-refractivity contribution in [2.45, 2.75) is 13.5 Å². The van der Waals surface area contributed by atoms with Crippen LogP contribution >= 0.6 is 11.6 Å². The quantitative estimate of drug-likeness (QED) is 0.536. The first kappa shape index (κ1) is 15.3. The van der Waals surface area contributed by atoms with E-state index >= 15 is 0 Å². The molecule has 2 aromatic carbocycles. The zero-order valence-corrected chi connectivity index (χ0v) is 13.1. The van der Waals surface area contributed by atoms with Crippen molar-refractivity contribution in [3.8, 4) is 0 Å². The molecule has 0 spiro atoms.